The molecular formula is C21H17N5O2S. The first-order valence-corrected chi connectivity index (χ1v) is 10.1. The average molecular weight is 403 g/mol. The molecule has 29 heavy (non-hydrogen) atoms. The van der Waals surface area contributed by atoms with Gasteiger partial charge >= 0.3 is 0 Å². The van der Waals surface area contributed by atoms with Crippen molar-refractivity contribution in [1.29, 1.82) is 5.26 Å². The topological polar surface area (TPSA) is 86.4 Å². The summed E-state index contributed by atoms with van der Waals surface area (Å²) in [4.78, 5) is 22.0. The summed E-state index contributed by atoms with van der Waals surface area (Å²) in [6.07, 6.45) is 0. The number of nitrogens with zero attached hydrogens (tertiary/aromatic N) is 4. The number of anilines is 1. The van der Waals surface area contributed by atoms with Crippen LogP contribution in [0.15, 0.2) is 68.1 Å². The Hall–Kier alpha value is -3.28. The standard InChI is InChI=1S/C21H17N5O2S/c22-13-15-20(25-9-11-28-12-10-25)24-26(21(15)27)19-14-5-1-3-7-17(14)29-18-8-4-2-6-16(18)23-19/h1-8,24H,9-12H2. The van der Waals surface area contributed by atoms with Crippen molar-refractivity contribution in [3.63, 3.8) is 0 Å². The SMILES string of the molecule is N#Cc1c(N2CCOCC2)[nH]n(C2=Nc3ccccc3Sc3ccccc32)c1=O. The zero-order valence-electron chi connectivity index (χ0n) is 15.5. The zero-order chi connectivity index (χ0) is 19.8. The number of ether oxygens (including phenoxy) is 1. The maximum atomic E-state index is 13.2. The van der Waals surface area contributed by atoms with Gasteiger partial charge in [0.2, 0.25) is 0 Å². The molecule has 1 saturated heterocycles. The van der Waals surface area contributed by atoms with Crippen LogP contribution in [-0.2, 0) is 4.74 Å². The molecule has 3 heterocycles. The van der Waals surface area contributed by atoms with E-state index in [2.05, 4.69) is 11.2 Å². The molecule has 1 N–H and O–H groups in total. The van der Waals surface area contributed by atoms with E-state index in [0.29, 0.717) is 38.0 Å². The van der Waals surface area contributed by atoms with Crippen molar-refractivity contribution in [3.8, 4) is 6.07 Å². The number of nitrogens with one attached hydrogen (secondary N) is 1. The predicted octanol–water partition coefficient (Wildman–Crippen LogP) is 2.98. The molecule has 2 aliphatic heterocycles. The Morgan fingerprint density at radius 1 is 1.07 bits per heavy atom. The molecule has 2 aromatic carbocycles. The second-order valence-electron chi connectivity index (χ2n) is 6.69. The number of rotatable bonds is 1. The van der Waals surface area contributed by atoms with Crippen molar-refractivity contribution in [2.45, 2.75) is 9.79 Å². The summed E-state index contributed by atoms with van der Waals surface area (Å²) in [5.74, 6) is 1.00. The van der Waals surface area contributed by atoms with Gasteiger partial charge < -0.3 is 9.64 Å². The average Bonchev–Trinajstić information content (AvgIpc) is 3.00. The van der Waals surface area contributed by atoms with Crippen molar-refractivity contribution in [2.24, 2.45) is 4.99 Å². The fourth-order valence-corrected chi connectivity index (χ4v) is 4.55. The van der Waals surface area contributed by atoms with Gasteiger partial charge in [-0.15, -0.1) is 0 Å². The second-order valence-corrected chi connectivity index (χ2v) is 7.77. The third-order valence-corrected chi connectivity index (χ3v) is 6.10. The normalized spacial score (nSPS) is 15.7. The van der Waals surface area contributed by atoms with Gasteiger partial charge in [-0.1, -0.05) is 42.1 Å². The van der Waals surface area contributed by atoms with Crippen LogP contribution in [0.4, 0.5) is 11.5 Å². The largest absolute Gasteiger partial charge is 0.378 e. The van der Waals surface area contributed by atoms with Crippen molar-refractivity contribution in [3.05, 3.63) is 70.0 Å². The molecule has 1 fully saturated rings. The molecule has 0 radical (unpaired) electrons. The van der Waals surface area contributed by atoms with Gasteiger partial charge in [0.1, 0.15) is 11.9 Å². The van der Waals surface area contributed by atoms with Crippen molar-refractivity contribution < 1.29 is 4.74 Å². The van der Waals surface area contributed by atoms with Gasteiger partial charge in [-0.3, -0.25) is 9.89 Å². The number of aliphatic imine (C=N–C) groups is 1. The molecule has 0 atom stereocenters. The first-order valence-electron chi connectivity index (χ1n) is 9.29. The molecule has 0 amide bonds. The predicted molar refractivity (Wildman–Crippen MR) is 111 cm³/mol. The molecule has 0 spiro atoms. The highest BCUT2D eigenvalue weighted by Gasteiger charge is 2.26. The summed E-state index contributed by atoms with van der Waals surface area (Å²) in [6.45, 7) is 2.37. The molecule has 5 rings (SSSR count). The molecule has 7 nitrogen and oxygen atoms in total. The van der Waals surface area contributed by atoms with Gasteiger partial charge in [-0.25, -0.2) is 4.99 Å². The fourth-order valence-electron chi connectivity index (χ4n) is 3.53. The number of aromatic nitrogens is 2. The lowest BCUT2D eigenvalue weighted by atomic mass is 10.2. The minimum absolute atomic E-state index is 0.0947. The number of aromatic amines is 1. The highest BCUT2D eigenvalue weighted by atomic mass is 32.2. The summed E-state index contributed by atoms with van der Waals surface area (Å²) in [5, 5.41) is 12.8. The summed E-state index contributed by atoms with van der Waals surface area (Å²) in [7, 11) is 0. The minimum atomic E-state index is -0.396. The van der Waals surface area contributed by atoms with Gasteiger partial charge in [0.05, 0.1) is 18.9 Å². The van der Waals surface area contributed by atoms with Crippen molar-refractivity contribution in [1.82, 2.24) is 9.78 Å². The summed E-state index contributed by atoms with van der Waals surface area (Å²) < 4.78 is 6.79. The van der Waals surface area contributed by atoms with Crippen LogP contribution in [0.3, 0.4) is 0 Å². The molecule has 0 saturated carbocycles. The van der Waals surface area contributed by atoms with Gasteiger partial charge in [0, 0.05) is 28.4 Å². The van der Waals surface area contributed by atoms with Crippen LogP contribution in [0, 0.1) is 11.3 Å². The monoisotopic (exact) mass is 403 g/mol. The Kier molecular flexibility index (Phi) is 4.46. The van der Waals surface area contributed by atoms with Crippen LogP contribution >= 0.6 is 11.8 Å². The lowest BCUT2D eigenvalue weighted by Gasteiger charge is -2.27. The summed E-state index contributed by atoms with van der Waals surface area (Å²) in [6, 6.07) is 17.8. The maximum absolute atomic E-state index is 13.2. The molecule has 0 aliphatic carbocycles. The number of morpholine rings is 1. The minimum Gasteiger partial charge on any atom is -0.378 e. The molecule has 8 heteroatoms. The number of fused-ring (bicyclic) bond motifs is 2. The fraction of sp³-hybridized carbons (Fsp3) is 0.190. The number of hydrogen-bond acceptors (Lipinski definition) is 6. The third-order valence-electron chi connectivity index (χ3n) is 4.96. The van der Waals surface area contributed by atoms with Crippen LogP contribution in [0.5, 0.6) is 0 Å². The van der Waals surface area contributed by atoms with Gasteiger partial charge in [-0.2, -0.15) is 9.94 Å². The molecule has 144 valence electrons. The Bertz CT molecular complexity index is 1210. The van der Waals surface area contributed by atoms with E-state index < -0.39 is 5.56 Å². The Morgan fingerprint density at radius 3 is 2.59 bits per heavy atom. The smallest absolute Gasteiger partial charge is 0.292 e. The van der Waals surface area contributed by atoms with E-state index in [1.54, 1.807) is 11.8 Å². The summed E-state index contributed by atoms with van der Waals surface area (Å²) >= 11 is 1.62. The van der Waals surface area contributed by atoms with E-state index in [9.17, 15) is 10.1 Å². The lowest BCUT2D eigenvalue weighted by molar-refractivity contribution is 0.122. The van der Waals surface area contributed by atoms with E-state index in [-0.39, 0.29) is 5.56 Å². The van der Waals surface area contributed by atoms with Crippen LogP contribution in [-0.4, -0.2) is 41.9 Å². The Balaban J connectivity index is 1.73. The van der Waals surface area contributed by atoms with Gasteiger partial charge in [0.15, 0.2) is 11.4 Å². The third kappa shape index (κ3) is 3.05. The van der Waals surface area contributed by atoms with E-state index in [1.807, 2.05) is 53.4 Å². The number of hydrogen-bond donors (Lipinski definition) is 1. The molecular weight excluding hydrogens is 386 g/mol. The molecule has 3 aromatic rings. The molecule has 0 bridgehead atoms. The summed E-state index contributed by atoms with van der Waals surface area (Å²) in [5.41, 5.74) is 1.33. The zero-order valence-corrected chi connectivity index (χ0v) is 16.3. The highest BCUT2D eigenvalue weighted by Crippen LogP contribution is 2.40. The first kappa shape index (κ1) is 17.8. The van der Waals surface area contributed by atoms with E-state index in [4.69, 9.17) is 9.73 Å². The molecule has 2 aliphatic rings. The van der Waals surface area contributed by atoms with Crippen LogP contribution < -0.4 is 10.5 Å². The Labute approximate surface area is 171 Å². The number of benzene rings is 2. The van der Waals surface area contributed by atoms with Crippen LogP contribution in [0.1, 0.15) is 11.1 Å². The first-order chi connectivity index (χ1) is 14.3. The quantitative estimate of drug-likeness (QED) is 0.528. The van der Waals surface area contributed by atoms with Crippen molar-refractivity contribution >= 4 is 29.1 Å². The van der Waals surface area contributed by atoms with E-state index >= 15 is 0 Å². The number of H-pyrrole nitrogens is 1. The molecule has 0 unspecified atom stereocenters. The van der Waals surface area contributed by atoms with E-state index in [1.165, 1.54) is 4.68 Å². The Morgan fingerprint density at radius 2 is 1.79 bits per heavy atom. The number of nitriles is 1. The highest BCUT2D eigenvalue weighted by molar-refractivity contribution is 7.99. The second kappa shape index (κ2) is 7.28. The van der Waals surface area contributed by atoms with Crippen LogP contribution in [0.2, 0.25) is 0 Å². The lowest BCUT2D eigenvalue weighted by Crippen LogP contribution is -2.37. The molecule has 1 aromatic heterocycles. The van der Waals surface area contributed by atoms with Crippen LogP contribution in [0.25, 0.3) is 0 Å². The maximum Gasteiger partial charge on any atom is 0.292 e. The number of para-hydroxylation sites is 1. The van der Waals surface area contributed by atoms with E-state index in [0.717, 1.165) is 21.0 Å². The van der Waals surface area contributed by atoms with Gasteiger partial charge in [-0.05, 0) is 18.2 Å². The van der Waals surface area contributed by atoms with Gasteiger partial charge in [0.25, 0.3) is 5.56 Å². The van der Waals surface area contributed by atoms with Crippen molar-refractivity contribution in [2.75, 3.05) is 31.2 Å².